The maximum absolute atomic E-state index is 10.0. The Hall–Kier alpha value is -4.04. The van der Waals surface area contributed by atoms with Crippen LogP contribution in [0.3, 0.4) is 0 Å². The number of methoxy groups -OCH3 is 2. The second-order valence-electron chi connectivity index (χ2n) is 6.64. The van der Waals surface area contributed by atoms with Gasteiger partial charge in [-0.1, -0.05) is 24.3 Å². The SMILES string of the molecule is COc1ccc(C2NC(c3ccc(OC)cc3)C(C#N)(C#N)C2(C#N)C#N)cc1. The van der Waals surface area contributed by atoms with E-state index in [1.165, 1.54) is 14.2 Å². The van der Waals surface area contributed by atoms with E-state index in [0.29, 0.717) is 22.6 Å². The van der Waals surface area contributed by atoms with Gasteiger partial charge in [-0.3, -0.25) is 5.32 Å². The molecule has 29 heavy (non-hydrogen) atoms. The molecule has 0 radical (unpaired) electrons. The third-order valence-corrected chi connectivity index (χ3v) is 5.43. The van der Waals surface area contributed by atoms with Gasteiger partial charge in [0.1, 0.15) is 11.5 Å². The van der Waals surface area contributed by atoms with E-state index in [9.17, 15) is 21.0 Å². The molecule has 1 saturated heterocycles. The summed E-state index contributed by atoms with van der Waals surface area (Å²) in [5.74, 6) is 1.23. The minimum absolute atomic E-state index is 0.611. The molecule has 0 aliphatic carbocycles. The van der Waals surface area contributed by atoms with Crippen molar-refractivity contribution in [3.63, 3.8) is 0 Å². The Balaban J connectivity index is 2.20. The highest BCUT2D eigenvalue weighted by Crippen LogP contribution is 2.60. The lowest BCUT2D eigenvalue weighted by Crippen LogP contribution is -2.39. The highest BCUT2D eigenvalue weighted by Gasteiger charge is 2.69. The van der Waals surface area contributed by atoms with Gasteiger partial charge in [0.2, 0.25) is 0 Å². The summed E-state index contributed by atoms with van der Waals surface area (Å²) < 4.78 is 10.3. The second-order valence-corrected chi connectivity index (χ2v) is 6.64. The Kier molecular flexibility index (Phi) is 5.12. The van der Waals surface area contributed by atoms with Crippen LogP contribution in [0.15, 0.2) is 48.5 Å². The van der Waals surface area contributed by atoms with E-state index in [1.807, 2.05) is 24.3 Å². The highest BCUT2D eigenvalue weighted by molar-refractivity contribution is 5.50. The fraction of sp³-hybridized carbons (Fsp3) is 0.273. The number of hydrogen-bond acceptors (Lipinski definition) is 7. The van der Waals surface area contributed by atoms with E-state index in [-0.39, 0.29) is 0 Å². The lowest BCUT2D eigenvalue weighted by Gasteiger charge is -2.29. The zero-order chi connectivity index (χ0) is 21.1. The van der Waals surface area contributed by atoms with Gasteiger partial charge >= 0.3 is 0 Å². The van der Waals surface area contributed by atoms with E-state index in [2.05, 4.69) is 5.32 Å². The molecule has 7 heteroatoms. The monoisotopic (exact) mass is 383 g/mol. The maximum Gasteiger partial charge on any atom is 0.196 e. The topological polar surface area (TPSA) is 126 Å². The first-order chi connectivity index (χ1) is 14.0. The molecule has 1 aliphatic rings. The minimum Gasteiger partial charge on any atom is -0.497 e. The second kappa shape index (κ2) is 7.53. The molecular weight excluding hydrogens is 366 g/mol. The van der Waals surface area contributed by atoms with E-state index in [4.69, 9.17) is 9.47 Å². The summed E-state index contributed by atoms with van der Waals surface area (Å²) in [6.45, 7) is 0. The van der Waals surface area contributed by atoms with Crippen molar-refractivity contribution in [2.24, 2.45) is 10.8 Å². The Bertz CT molecular complexity index is 950. The molecule has 7 nitrogen and oxygen atoms in total. The van der Waals surface area contributed by atoms with Crippen LogP contribution in [-0.2, 0) is 0 Å². The molecule has 0 amide bonds. The van der Waals surface area contributed by atoms with Gasteiger partial charge < -0.3 is 9.47 Å². The predicted molar refractivity (Wildman–Crippen MR) is 102 cm³/mol. The van der Waals surface area contributed by atoms with Crippen LogP contribution in [0.2, 0.25) is 0 Å². The van der Waals surface area contributed by atoms with Crippen molar-refractivity contribution >= 4 is 0 Å². The number of ether oxygens (including phenoxy) is 2. The molecule has 0 bridgehead atoms. The van der Waals surface area contributed by atoms with Gasteiger partial charge in [-0.2, -0.15) is 21.0 Å². The first-order valence-electron chi connectivity index (χ1n) is 8.74. The summed E-state index contributed by atoms with van der Waals surface area (Å²) in [4.78, 5) is 0. The van der Waals surface area contributed by atoms with E-state index < -0.39 is 22.9 Å². The number of hydrogen-bond donors (Lipinski definition) is 1. The lowest BCUT2D eigenvalue weighted by atomic mass is 9.61. The van der Waals surface area contributed by atoms with E-state index >= 15 is 0 Å². The van der Waals surface area contributed by atoms with Crippen LogP contribution in [0.4, 0.5) is 0 Å². The zero-order valence-corrected chi connectivity index (χ0v) is 15.9. The van der Waals surface area contributed by atoms with Gasteiger partial charge in [0, 0.05) is 0 Å². The first-order valence-corrected chi connectivity index (χ1v) is 8.74. The molecular formula is C22H17N5O2. The molecule has 142 valence electrons. The van der Waals surface area contributed by atoms with Crippen molar-refractivity contribution < 1.29 is 9.47 Å². The van der Waals surface area contributed by atoms with Crippen molar-refractivity contribution in [3.05, 3.63) is 59.7 Å². The third-order valence-electron chi connectivity index (χ3n) is 5.43. The van der Waals surface area contributed by atoms with Crippen LogP contribution in [-0.4, -0.2) is 14.2 Å². The van der Waals surface area contributed by atoms with E-state index in [1.54, 1.807) is 48.5 Å². The molecule has 2 atom stereocenters. The molecule has 2 aromatic carbocycles. The zero-order valence-electron chi connectivity index (χ0n) is 15.9. The molecule has 0 saturated carbocycles. The highest BCUT2D eigenvalue weighted by atomic mass is 16.5. The van der Waals surface area contributed by atoms with Crippen molar-refractivity contribution in [2.45, 2.75) is 12.1 Å². The van der Waals surface area contributed by atoms with Gasteiger partial charge in [-0.15, -0.1) is 0 Å². The van der Waals surface area contributed by atoms with Crippen molar-refractivity contribution in [3.8, 4) is 35.8 Å². The minimum atomic E-state index is -1.92. The predicted octanol–water partition coefficient (Wildman–Crippen LogP) is 3.16. The van der Waals surface area contributed by atoms with E-state index in [0.717, 1.165) is 0 Å². The Labute approximate surface area is 168 Å². The smallest absolute Gasteiger partial charge is 0.196 e. The Morgan fingerprint density at radius 2 is 0.966 bits per heavy atom. The summed E-state index contributed by atoms with van der Waals surface area (Å²) in [5, 5.41) is 43.3. The first kappa shape index (κ1) is 19.7. The third kappa shape index (κ3) is 2.74. The number of nitriles is 4. The lowest BCUT2D eigenvalue weighted by molar-refractivity contribution is 0.311. The Morgan fingerprint density at radius 1 is 0.655 bits per heavy atom. The summed E-state index contributed by atoms with van der Waals surface area (Å²) >= 11 is 0. The fourth-order valence-electron chi connectivity index (χ4n) is 3.82. The van der Waals surface area contributed by atoms with Crippen LogP contribution >= 0.6 is 0 Å². The Morgan fingerprint density at radius 3 is 1.21 bits per heavy atom. The largest absolute Gasteiger partial charge is 0.497 e. The van der Waals surface area contributed by atoms with Crippen LogP contribution in [0.25, 0.3) is 0 Å². The quantitative estimate of drug-likeness (QED) is 0.859. The summed E-state index contributed by atoms with van der Waals surface area (Å²) in [5.41, 5.74) is -2.62. The summed E-state index contributed by atoms with van der Waals surface area (Å²) in [6, 6.07) is 20.0. The fourth-order valence-corrected chi connectivity index (χ4v) is 3.82. The van der Waals surface area contributed by atoms with Crippen LogP contribution in [0, 0.1) is 56.2 Å². The van der Waals surface area contributed by atoms with Gasteiger partial charge in [0.15, 0.2) is 10.8 Å². The molecule has 0 aromatic heterocycles. The van der Waals surface area contributed by atoms with Crippen LogP contribution in [0.5, 0.6) is 11.5 Å². The van der Waals surface area contributed by atoms with Gasteiger partial charge in [-0.05, 0) is 35.4 Å². The van der Waals surface area contributed by atoms with Crippen LogP contribution in [0.1, 0.15) is 23.2 Å². The van der Waals surface area contributed by atoms with Crippen LogP contribution < -0.4 is 14.8 Å². The molecule has 0 spiro atoms. The maximum atomic E-state index is 10.0. The number of nitrogens with one attached hydrogen (secondary N) is 1. The summed E-state index contributed by atoms with van der Waals surface area (Å²) in [6.07, 6.45) is 0. The molecule has 1 aliphatic heterocycles. The normalized spacial score (nSPS) is 21.0. The number of rotatable bonds is 4. The van der Waals surface area contributed by atoms with Crippen molar-refractivity contribution in [1.29, 1.82) is 21.0 Å². The molecule has 2 unspecified atom stereocenters. The van der Waals surface area contributed by atoms with Crippen molar-refractivity contribution in [2.75, 3.05) is 14.2 Å². The molecule has 1 fully saturated rings. The summed E-state index contributed by atoms with van der Waals surface area (Å²) in [7, 11) is 3.07. The molecule has 2 aromatic rings. The molecule has 3 rings (SSSR count). The van der Waals surface area contributed by atoms with Gasteiger partial charge in [-0.25, -0.2) is 0 Å². The average Bonchev–Trinajstić information content (AvgIpc) is 3.09. The molecule has 1 N–H and O–H groups in total. The van der Waals surface area contributed by atoms with Gasteiger partial charge in [0.25, 0.3) is 0 Å². The average molecular weight is 383 g/mol. The number of benzene rings is 2. The van der Waals surface area contributed by atoms with Gasteiger partial charge in [0.05, 0.1) is 50.6 Å². The standard InChI is InChI=1S/C22H17N5O2/c1-28-17-7-3-15(4-8-17)19-21(11-23,12-24)22(13-25,14-26)20(27-19)16-5-9-18(29-2)10-6-16/h3-10,19-20,27H,1-2H3. The number of nitrogens with zero attached hydrogens (tertiary/aromatic N) is 4. The van der Waals surface area contributed by atoms with Crippen molar-refractivity contribution in [1.82, 2.24) is 5.32 Å². The molecule has 1 heterocycles.